The van der Waals surface area contributed by atoms with Crippen LogP contribution in [0.2, 0.25) is 0 Å². The van der Waals surface area contributed by atoms with Gasteiger partial charge in [-0.2, -0.15) is 0 Å². The van der Waals surface area contributed by atoms with Crippen molar-refractivity contribution < 1.29 is 14.4 Å². The number of nitrogens with zero attached hydrogens (tertiary/aromatic N) is 1. The Morgan fingerprint density at radius 2 is 2.05 bits per heavy atom. The summed E-state index contributed by atoms with van der Waals surface area (Å²) in [6, 6.07) is 4.63. The number of carbonyl (C=O) groups is 3. The zero-order valence-corrected chi connectivity index (χ0v) is 10.8. The van der Waals surface area contributed by atoms with Crippen molar-refractivity contribution in [2.24, 2.45) is 5.92 Å². The number of amides is 3. The van der Waals surface area contributed by atoms with Crippen LogP contribution in [0.4, 0.5) is 5.69 Å². The zero-order valence-electron chi connectivity index (χ0n) is 10.8. The highest BCUT2D eigenvalue weighted by atomic mass is 16.2. The molecular formula is C13H15N3O3. The van der Waals surface area contributed by atoms with E-state index in [4.69, 9.17) is 5.73 Å². The van der Waals surface area contributed by atoms with Gasteiger partial charge >= 0.3 is 0 Å². The summed E-state index contributed by atoms with van der Waals surface area (Å²) in [5.41, 5.74) is 6.23. The third-order valence-corrected chi connectivity index (χ3v) is 3.10. The standard InChI is InChI=1S/C13H15N3O3/c1-7(6-15-2)11(17)16-12(18)8-4-3-5-9(14)10(8)13(16)19/h3-5,7,15H,6,14H2,1-2H3. The number of nitrogen functional groups attached to an aromatic ring is 1. The van der Waals surface area contributed by atoms with Crippen molar-refractivity contribution in [3.8, 4) is 0 Å². The van der Waals surface area contributed by atoms with Crippen LogP contribution >= 0.6 is 0 Å². The van der Waals surface area contributed by atoms with Gasteiger partial charge in [-0.25, -0.2) is 4.90 Å². The summed E-state index contributed by atoms with van der Waals surface area (Å²) in [6.07, 6.45) is 0. The van der Waals surface area contributed by atoms with Gasteiger partial charge in [-0.3, -0.25) is 14.4 Å². The van der Waals surface area contributed by atoms with E-state index in [9.17, 15) is 14.4 Å². The molecule has 0 bridgehead atoms. The van der Waals surface area contributed by atoms with Crippen LogP contribution in [-0.4, -0.2) is 36.2 Å². The molecule has 6 heteroatoms. The average molecular weight is 261 g/mol. The first-order valence-corrected chi connectivity index (χ1v) is 5.94. The predicted octanol–water partition coefficient (Wildman–Crippen LogP) is 0.247. The highest BCUT2D eigenvalue weighted by Gasteiger charge is 2.42. The Morgan fingerprint density at radius 1 is 1.37 bits per heavy atom. The second-order valence-electron chi connectivity index (χ2n) is 4.51. The molecular weight excluding hydrogens is 246 g/mol. The van der Waals surface area contributed by atoms with Crippen molar-refractivity contribution in [3.05, 3.63) is 29.3 Å². The summed E-state index contributed by atoms with van der Waals surface area (Å²) in [6.45, 7) is 2.05. The molecule has 3 amide bonds. The molecule has 0 saturated carbocycles. The molecule has 1 atom stereocenters. The van der Waals surface area contributed by atoms with Crippen LogP contribution < -0.4 is 11.1 Å². The second-order valence-corrected chi connectivity index (χ2v) is 4.51. The van der Waals surface area contributed by atoms with Gasteiger partial charge in [0.15, 0.2) is 0 Å². The molecule has 0 saturated heterocycles. The van der Waals surface area contributed by atoms with E-state index in [1.54, 1.807) is 20.0 Å². The maximum Gasteiger partial charge on any atom is 0.270 e. The summed E-state index contributed by atoms with van der Waals surface area (Å²) in [7, 11) is 1.70. The molecule has 0 radical (unpaired) electrons. The van der Waals surface area contributed by atoms with Crippen molar-refractivity contribution in [2.45, 2.75) is 6.92 Å². The molecule has 1 heterocycles. The number of nitrogens with one attached hydrogen (secondary N) is 1. The lowest BCUT2D eigenvalue weighted by atomic mass is 10.1. The lowest BCUT2D eigenvalue weighted by molar-refractivity contribution is -0.129. The van der Waals surface area contributed by atoms with Crippen LogP contribution in [0, 0.1) is 5.92 Å². The maximum absolute atomic E-state index is 12.2. The fourth-order valence-corrected chi connectivity index (χ4v) is 2.13. The minimum atomic E-state index is -0.633. The molecule has 19 heavy (non-hydrogen) atoms. The number of hydrogen-bond acceptors (Lipinski definition) is 5. The van der Waals surface area contributed by atoms with Gasteiger partial charge in [0.1, 0.15) is 0 Å². The molecule has 1 aromatic carbocycles. The minimum absolute atomic E-state index is 0.123. The fourth-order valence-electron chi connectivity index (χ4n) is 2.13. The highest BCUT2D eigenvalue weighted by Crippen LogP contribution is 2.28. The fraction of sp³-hybridized carbons (Fsp3) is 0.308. The van der Waals surface area contributed by atoms with Crippen molar-refractivity contribution in [3.63, 3.8) is 0 Å². The van der Waals surface area contributed by atoms with Crippen LogP contribution in [0.5, 0.6) is 0 Å². The highest BCUT2D eigenvalue weighted by molar-refractivity contribution is 6.30. The number of rotatable bonds is 3. The molecule has 2 rings (SSSR count). The molecule has 6 nitrogen and oxygen atoms in total. The van der Waals surface area contributed by atoms with E-state index >= 15 is 0 Å². The summed E-state index contributed by atoms with van der Waals surface area (Å²) in [5, 5.41) is 2.84. The van der Waals surface area contributed by atoms with Crippen molar-refractivity contribution in [2.75, 3.05) is 19.3 Å². The Hall–Kier alpha value is -2.21. The molecule has 0 aromatic heterocycles. The predicted molar refractivity (Wildman–Crippen MR) is 69.5 cm³/mol. The first kappa shape index (κ1) is 13.2. The molecule has 1 unspecified atom stereocenters. The molecule has 0 spiro atoms. The SMILES string of the molecule is CNCC(C)C(=O)N1C(=O)c2cccc(N)c2C1=O. The Bertz CT molecular complexity index is 568. The molecule has 1 aliphatic heterocycles. The van der Waals surface area contributed by atoms with E-state index in [1.165, 1.54) is 12.1 Å². The number of benzene rings is 1. The second kappa shape index (κ2) is 4.81. The smallest absolute Gasteiger partial charge is 0.270 e. The van der Waals surface area contributed by atoms with Crippen LogP contribution in [0.15, 0.2) is 18.2 Å². The Kier molecular flexibility index (Phi) is 3.35. The molecule has 0 aliphatic carbocycles. The van der Waals surface area contributed by atoms with Crippen molar-refractivity contribution in [1.29, 1.82) is 0 Å². The number of nitrogens with two attached hydrogens (primary N) is 1. The number of imide groups is 3. The van der Waals surface area contributed by atoms with Crippen LogP contribution in [-0.2, 0) is 4.79 Å². The van der Waals surface area contributed by atoms with Crippen LogP contribution in [0.1, 0.15) is 27.6 Å². The summed E-state index contributed by atoms with van der Waals surface area (Å²) in [5.74, 6) is -2.21. The van der Waals surface area contributed by atoms with Crippen molar-refractivity contribution in [1.82, 2.24) is 10.2 Å². The number of hydrogen-bond donors (Lipinski definition) is 2. The normalized spacial score (nSPS) is 15.6. The van der Waals surface area contributed by atoms with Gasteiger partial charge in [-0.1, -0.05) is 13.0 Å². The lowest BCUT2D eigenvalue weighted by Crippen LogP contribution is -2.42. The summed E-state index contributed by atoms with van der Waals surface area (Å²) in [4.78, 5) is 37.1. The molecule has 3 N–H and O–H groups in total. The van der Waals surface area contributed by atoms with Gasteiger partial charge in [0.2, 0.25) is 5.91 Å². The molecule has 0 fully saturated rings. The molecule has 1 aliphatic rings. The quantitative estimate of drug-likeness (QED) is 0.601. The topological polar surface area (TPSA) is 92.5 Å². The largest absolute Gasteiger partial charge is 0.398 e. The third-order valence-electron chi connectivity index (χ3n) is 3.10. The first-order chi connectivity index (χ1) is 8.99. The Balaban J connectivity index is 2.38. The summed E-state index contributed by atoms with van der Waals surface area (Å²) < 4.78 is 0. The van der Waals surface area contributed by atoms with Crippen LogP contribution in [0.3, 0.4) is 0 Å². The zero-order chi connectivity index (χ0) is 14.2. The summed E-state index contributed by atoms with van der Waals surface area (Å²) >= 11 is 0. The van der Waals surface area contributed by atoms with Crippen molar-refractivity contribution >= 4 is 23.4 Å². The number of fused-ring (bicyclic) bond motifs is 1. The first-order valence-electron chi connectivity index (χ1n) is 5.94. The van der Waals surface area contributed by atoms with Gasteiger partial charge in [-0.15, -0.1) is 0 Å². The van der Waals surface area contributed by atoms with Gasteiger partial charge in [0.25, 0.3) is 11.8 Å². The number of carbonyl (C=O) groups excluding carboxylic acids is 3. The third kappa shape index (κ3) is 2.00. The van der Waals surface area contributed by atoms with Crippen LogP contribution in [0.25, 0.3) is 0 Å². The molecule has 1 aromatic rings. The average Bonchev–Trinajstić information content (AvgIpc) is 2.62. The lowest BCUT2D eigenvalue weighted by Gasteiger charge is -2.16. The van der Waals surface area contributed by atoms with E-state index in [0.717, 1.165) is 0 Å². The van der Waals surface area contributed by atoms with Gasteiger partial charge in [0, 0.05) is 18.2 Å². The Labute approximate surface area is 110 Å². The van der Waals surface area contributed by atoms with Gasteiger partial charge < -0.3 is 11.1 Å². The monoisotopic (exact) mass is 261 g/mol. The number of anilines is 1. The maximum atomic E-state index is 12.2. The van der Waals surface area contributed by atoms with Gasteiger partial charge in [0.05, 0.1) is 11.1 Å². The minimum Gasteiger partial charge on any atom is -0.398 e. The van der Waals surface area contributed by atoms with E-state index in [2.05, 4.69) is 5.32 Å². The van der Waals surface area contributed by atoms with E-state index in [-0.39, 0.29) is 16.8 Å². The van der Waals surface area contributed by atoms with E-state index in [0.29, 0.717) is 11.4 Å². The molecule has 100 valence electrons. The Morgan fingerprint density at radius 3 is 2.63 bits per heavy atom. The van der Waals surface area contributed by atoms with E-state index < -0.39 is 23.6 Å². The van der Waals surface area contributed by atoms with Gasteiger partial charge in [-0.05, 0) is 19.2 Å². The van der Waals surface area contributed by atoms with E-state index in [1.807, 2.05) is 0 Å².